The van der Waals surface area contributed by atoms with Gasteiger partial charge in [-0.1, -0.05) is 57.5 Å². The van der Waals surface area contributed by atoms with Crippen molar-refractivity contribution in [3.8, 4) is 0 Å². The number of hydrogen-bond acceptors (Lipinski definition) is 5. The average molecular weight is 458 g/mol. The number of nitrogens with zero attached hydrogens (tertiary/aromatic N) is 4. The fourth-order valence-corrected chi connectivity index (χ4v) is 4.53. The Bertz CT molecular complexity index is 1270. The van der Waals surface area contributed by atoms with Crippen molar-refractivity contribution in [3.63, 3.8) is 0 Å². The van der Waals surface area contributed by atoms with Crippen molar-refractivity contribution in [2.45, 2.75) is 53.1 Å². The van der Waals surface area contributed by atoms with Crippen LogP contribution in [-0.4, -0.2) is 45.9 Å². The van der Waals surface area contributed by atoms with Gasteiger partial charge in [0.2, 0.25) is 0 Å². The fourth-order valence-electron chi connectivity index (χ4n) is 4.53. The molecule has 0 unspecified atom stereocenters. The molecule has 0 aliphatic carbocycles. The molecule has 4 rings (SSSR count). The smallest absolute Gasteiger partial charge is 0.154 e. The van der Waals surface area contributed by atoms with Gasteiger partial charge in [-0.25, -0.2) is 9.97 Å². The zero-order chi connectivity index (χ0) is 24.1. The van der Waals surface area contributed by atoms with E-state index in [2.05, 4.69) is 59.8 Å². The highest BCUT2D eigenvalue weighted by atomic mass is 16.1. The van der Waals surface area contributed by atoms with Crippen LogP contribution in [0.15, 0.2) is 42.5 Å². The van der Waals surface area contributed by atoms with E-state index in [0.29, 0.717) is 5.56 Å². The first-order valence-corrected chi connectivity index (χ1v) is 12.4. The van der Waals surface area contributed by atoms with Crippen LogP contribution in [0.25, 0.3) is 21.9 Å². The summed E-state index contributed by atoms with van der Waals surface area (Å²) in [6.45, 7) is 10.5. The number of aryl methyl sites for hydroxylation is 1. The van der Waals surface area contributed by atoms with Crippen molar-refractivity contribution >= 4 is 34.0 Å². The number of aldehydes is 1. The highest BCUT2D eigenvalue weighted by Gasteiger charge is 2.18. The summed E-state index contributed by atoms with van der Waals surface area (Å²) in [5, 5.41) is 4.24. The van der Waals surface area contributed by atoms with E-state index < -0.39 is 0 Å². The topological polar surface area (TPSA) is 63.1 Å². The van der Waals surface area contributed by atoms with E-state index in [1.165, 1.54) is 11.1 Å². The standard InChI is InChI=1S/C28H35N5O/c1-5-8-9-25-31-26-27(23-15-14-22(19-34)16-24(23)30-28(26)29-4)33(25)18-21-12-10-20(11-13-21)17-32(6-2)7-3/h10-16,19H,5-9,17-18H2,1-4H3,(H,29,30). The molecule has 1 N–H and O–H groups in total. The van der Waals surface area contributed by atoms with Crippen LogP contribution in [0.5, 0.6) is 0 Å². The van der Waals surface area contributed by atoms with Gasteiger partial charge in [0, 0.05) is 37.5 Å². The normalized spacial score (nSPS) is 11.6. The van der Waals surface area contributed by atoms with Crippen LogP contribution in [0.3, 0.4) is 0 Å². The van der Waals surface area contributed by atoms with E-state index in [4.69, 9.17) is 9.97 Å². The minimum atomic E-state index is 0.627. The van der Waals surface area contributed by atoms with Crippen LogP contribution in [0.2, 0.25) is 0 Å². The van der Waals surface area contributed by atoms with Crippen LogP contribution in [-0.2, 0) is 19.5 Å². The largest absolute Gasteiger partial charge is 0.371 e. The number of carbonyl (C=O) groups excluding carboxylic acids is 1. The molecule has 2 heterocycles. The summed E-state index contributed by atoms with van der Waals surface area (Å²) in [5.74, 6) is 1.82. The van der Waals surface area contributed by atoms with Crippen molar-refractivity contribution in [2.75, 3.05) is 25.5 Å². The Balaban J connectivity index is 1.81. The molecule has 0 amide bonds. The molecule has 6 heteroatoms. The van der Waals surface area contributed by atoms with E-state index >= 15 is 0 Å². The first kappa shape index (κ1) is 23.9. The first-order chi connectivity index (χ1) is 16.6. The third-order valence-corrected chi connectivity index (χ3v) is 6.57. The molecule has 0 atom stereocenters. The quantitative estimate of drug-likeness (QED) is 0.294. The zero-order valence-corrected chi connectivity index (χ0v) is 20.8. The lowest BCUT2D eigenvalue weighted by Gasteiger charge is -2.18. The number of anilines is 1. The number of pyridine rings is 1. The summed E-state index contributed by atoms with van der Waals surface area (Å²) in [4.78, 5) is 23.6. The molecular formula is C28H35N5O. The highest BCUT2D eigenvalue weighted by Crippen LogP contribution is 2.31. The molecule has 178 valence electrons. The van der Waals surface area contributed by atoms with Crippen molar-refractivity contribution in [2.24, 2.45) is 0 Å². The highest BCUT2D eigenvalue weighted by molar-refractivity contribution is 6.08. The van der Waals surface area contributed by atoms with Crippen molar-refractivity contribution in [3.05, 3.63) is 65.0 Å². The third kappa shape index (κ3) is 4.82. The van der Waals surface area contributed by atoms with Crippen molar-refractivity contribution < 1.29 is 4.79 Å². The number of hydrogen-bond donors (Lipinski definition) is 1. The molecule has 0 bridgehead atoms. The van der Waals surface area contributed by atoms with Crippen molar-refractivity contribution in [1.82, 2.24) is 19.4 Å². The predicted molar refractivity (Wildman–Crippen MR) is 141 cm³/mol. The summed E-state index contributed by atoms with van der Waals surface area (Å²) < 4.78 is 2.34. The van der Waals surface area contributed by atoms with E-state index in [-0.39, 0.29) is 0 Å². The zero-order valence-electron chi connectivity index (χ0n) is 20.8. The second-order valence-corrected chi connectivity index (χ2v) is 8.80. The van der Waals surface area contributed by atoms with Gasteiger partial charge in [0.05, 0.1) is 11.0 Å². The van der Waals surface area contributed by atoms with Gasteiger partial charge in [0.25, 0.3) is 0 Å². The number of fused-ring (bicyclic) bond motifs is 3. The van der Waals surface area contributed by atoms with Crippen LogP contribution in [0.1, 0.15) is 60.9 Å². The van der Waals surface area contributed by atoms with Crippen LogP contribution >= 0.6 is 0 Å². The lowest BCUT2D eigenvalue weighted by atomic mass is 10.1. The van der Waals surface area contributed by atoms with Gasteiger partial charge in [-0.15, -0.1) is 0 Å². The van der Waals surface area contributed by atoms with Gasteiger partial charge in [0.15, 0.2) is 5.82 Å². The second kappa shape index (κ2) is 10.8. The Kier molecular flexibility index (Phi) is 7.58. The lowest BCUT2D eigenvalue weighted by Crippen LogP contribution is -2.22. The summed E-state index contributed by atoms with van der Waals surface area (Å²) in [6, 6.07) is 14.7. The first-order valence-electron chi connectivity index (χ1n) is 12.4. The maximum Gasteiger partial charge on any atom is 0.154 e. The Labute approximate surface area is 202 Å². The van der Waals surface area contributed by atoms with Crippen molar-refractivity contribution in [1.29, 1.82) is 0 Å². The number of carbonyl (C=O) groups is 1. The lowest BCUT2D eigenvalue weighted by molar-refractivity contribution is 0.112. The molecule has 2 aromatic carbocycles. The second-order valence-electron chi connectivity index (χ2n) is 8.80. The summed E-state index contributed by atoms with van der Waals surface area (Å²) in [5.41, 5.74) is 5.98. The average Bonchev–Trinajstić information content (AvgIpc) is 3.24. The Hall–Kier alpha value is -3.25. The maximum absolute atomic E-state index is 11.4. The molecule has 2 aromatic heterocycles. The molecular weight excluding hydrogens is 422 g/mol. The molecule has 0 saturated carbocycles. The minimum Gasteiger partial charge on any atom is -0.371 e. The number of benzene rings is 2. The summed E-state index contributed by atoms with van der Waals surface area (Å²) in [7, 11) is 1.87. The fraction of sp³-hybridized carbons (Fsp3) is 0.393. The van der Waals surface area contributed by atoms with E-state index in [0.717, 1.165) is 85.3 Å². The molecule has 4 aromatic rings. The third-order valence-electron chi connectivity index (χ3n) is 6.57. The van der Waals surface area contributed by atoms with Gasteiger partial charge >= 0.3 is 0 Å². The monoisotopic (exact) mass is 457 g/mol. The van der Waals surface area contributed by atoms with Gasteiger partial charge in [-0.2, -0.15) is 0 Å². The predicted octanol–water partition coefficient (Wildman–Crippen LogP) is 5.67. The minimum absolute atomic E-state index is 0.627. The Morgan fingerprint density at radius 2 is 1.74 bits per heavy atom. The molecule has 0 spiro atoms. The number of nitrogens with one attached hydrogen (secondary N) is 1. The molecule has 0 radical (unpaired) electrons. The number of rotatable bonds is 11. The van der Waals surface area contributed by atoms with Crippen LogP contribution in [0, 0.1) is 0 Å². The number of aromatic nitrogens is 3. The van der Waals surface area contributed by atoms with Gasteiger partial charge in [0.1, 0.15) is 17.6 Å². The Morgan fingerprint density at radius 1 is 1.00 bits per heavy atom. The van der Waals surface area contributed by atoms with Gasteiger partial charge < -0.3 is 9.88 Å². The van der Waals surface area contributed by atoms with E-state index in [9.17, 15) is 4.79 Å². The molecule has 0 saturated heterocycles. The van der Waals surface area contributed by atoms with Gasteiger partial charge in [-0.05, 0) is 42.8 Å². The van der Waals surface area contributed by atoms with Crippen LogP contribution in [0.4, 0.5) is 5.82 Å². The SMILES string of the molecule is CCCCc1nc2c(NC)nc3cc(C=O)ccc3c2n1Cc1ccc(CN(CC)CC)cc1. The number of imidazole rings is 1. The van der Waals surface area contributed by atoms with Gasteiger partial charge in [-0.3, -0.25) is 9.69 Å². The molecule has 0 fully saturated rings. The molecule has 34 heavy (non-hydrogen) atoms. The van der Waals surface area contributed by atoms with E-state index in [1.807, 2.05) is 25.2 Å². The molecule has 6 nitrogen and oxygen atoms in total. The molecule has 0 aliphatic heterocycles. The number of unbranched alkanes of at least 4 members (excludes halogenated alkanes) is 1. The summed E-state index contributed by atoms with van der Waals surface area (Å²) in [6.07, 6.45) is 3.99. The Morgan fingerprint density at radius 3 is 2.38 bits per heavy atom. The summed E-state index contributed by atoms with van der Waals surface area (Å²) >= 11 is 0. The van der Waals surface area contributed by atoms with E-state index in [1.54, 1.807) is 0 Å². The molecule has 0 aliphatic rings. The van der Waals surface area contributed by atoms with Crippen LogP contribution < -0.4 is 5.32 Å². The maximum atomic E-state index is 11.4.